The fourth-order valence-corrected chi connectivity index (χ4v) is 1.94. The highest BCUT2D eigenvalue weighted by Crippen LogP contribution is 2.31. The largest absolute Gasteiger partial charge is 0.479 e. The maximum absolute atomic E-state index is 12.4. The summed E-state index contributed by atoms with van der Waals surface area (Å²) in [6, 6.07) is 8.00. The molecule has 0 bridgehead atoms. The highest BCUT2D eigenvalue weighted by atomic mass is 19.4. The van der Waals surface area contributed by atoms with Crippen LogP contribution in [0.2, 0.25) is 0 Å². The first-order valence-electron chi connectivity index (χ1n) is 5.93. The quantitative estimate of drug-likeness (QED) is 0.821. The van der Waals surface area contributed by atoms with Gasteiger partial charge in [-0.15, -0.1) is 6.58 Å². The number of alkyl halides is 3. The molecule has 0 heterocycles. The monoisotopic (exact) mass is 301 g/mol. The van der Waals surface area contributed by atoms with Crippen molar-refractivity contribution in [3.63, 3.8) is 0 Å². The van der Waals surface area contributed by atoms with Crippen LogP contribution in [0.1, 0.15) is 18.4 Å². The highest BCUT2D eigenvalue weighted by molar-refractivity contribution is 5.90. The van der Waals surface area contributed by atoms with Crippen molar-refractivity contribution in [2.45, 2.75) is 24.6 Å². The van der Waals surface area contributed by atoms with Crippen LogP contribution in [-0.4, -0.2) is 28.7 Å². The van der Waals surface area contributed by atoms with E-state index in [1.54, 1.807) is 35.6 Å². The van der Waals surface area contributed by atoms with Gasteiger partial charge in [0.05, 0.1) is 0 Å². The Bertz CT molecular complexity index is 542. The van der Waals surface area contributed by atoms with Crippen LogP contribution in [0.3, 0.4) is 0 Å². The summed E-state index contributed by atoms with van der Waals surface area (Å²) in [6.45, 7) is 4.47. The fourth-order valence-electron chi connectivity index (χ4n) is 1.94. The molecule has 1 amide bonds. The van der Waals surface area contributed by atoms with E-state index >= 15 is 0 Å². The normalized spacial score (nSPS) is 15.6. The van der Waals surface area contributed by atoms with Crippen molar-refractivity contribution in [3.8, 4) is 0 Å². The molecule has 0 saturated carbocycles. The molecule has 0 fully saturated rings. The molecule has 1 rings (SSSR count). The van der Waals surface area contributed by atoms with Crippen LogP contribution < -0.4 is 5.32 Å². The second kappa shape index (κ2) is 5.99. The molecule has 4 nitrogen and oxygen atoms in total. The Hall–Kier alpha value is -2.31. The number of hydrogen-bond acceptors (Lipinski definition) is 2. The Morgan fingerprint density at radius 1 is 1.29 bits per heavy atom. The number of carbonyl (C=O) groups excluding carboxylic acids is 1. The zero-order chi connectivity index (χ0) is 16.3. The van der Waals surface area contributed by atoms with Crippen molar-refractivity contribution in [1.29, 1.82) is 0 Å². The van der Waals surface area contributed by atoms with E-state index in [0.29, 0.717) is 5.56 Å². The zero-order valence-corrected chi connectivity index (χ0v) is 11.1. The molecule has 0 radical (unpaired) electrons. The number of carboxylic acid groups (broad SMARTS) is 1. The molecule has 21 heavy (non-hydrogen) atoms. The van der Waals surface area contributed by atoms with Crippen molar-refractivity contribution in [2.24, 2.45) is 0 Å². The van der Waals surface area contributed by atoms with E-state index in [1.807, 2.05) is 0 Å². The van der Waals surface area contributed by atoms with Gasteiger partial charge in [-0.3, -0.25) is 4.79 Å². The molecule has 1 aromatic carbocycles. The highest BCUT2D eigenvalue weighted by Gasteiger charge is 2.48. The predicted molar refractivity (Wildman–Crippen MR) is 69.6 cm³/mol. The number of carboxylic acids is 1. The molecule has 0 aromatic heterocycles. The molecular weight excluding hydrogens is 287 g/mol. The lowest BCUT2D eigenvalue weighted by atomic mass is 9.80. The van der Waals surface area contributed by atoms with Gasteiger partial charge in [-0.25, -0.2) is 4.79 Å². The number of halogens is 3. The number of nitrogens with one attached hydrogen (secondary N) is 1. The number of benzene rings is 1. The summed E-state index contributed by atoms with van der Waals surface area (Å²) >= 11 is 0. The number of amides is 1. The van der Waals surface area contributed by atoms with Crippen molar-refractivity contribution in [2.75, 3.05) is 0 Å². The molecule has 0 aliphatic heterocycles. The third kappa shape index (κ3) is 3.62. The Kier molecular flexibility index (Phi) is 4.77. The SMILES string of the molecule is C=C[C@@H](c1ccccc1)[C@](C)(NC(=O)C(F)(F)F)C(=O)O. The van der Waals surface area contributed by atoms with Gasteiger partial charge in [0.25, 0.3) is 0 Å². The van der Waals surface area contributed by atoms with Gasteiger partial charge in [-0.1, -0.05) is 36.4 Å². The standard InChI is InChI=1S/C14H14F3NO3/c1-3-10(9-7-5-4-6-8-9)13(2,12(20)21)18-11(19)14(15,16)17/h3-8,10H,1H2,2H3,(H,18,19)(H,20,21)/t10-,13-/m0/s1. The first kappa shape index (κ1) is 16.7. The van der Waals surface area contributed by atoms with Gasteiger partial charge in [0, 0.05) is 5.92 Å². The molecule has 0 aliphatic carbocycles. The third-order valence-electron chi connectivity index (χ3n) is 3.09. The average molecular weight is 301 g/mol. The summed E-state index contributed by atoms with van der Waals surface area (Å²) in [5.74, 6) is -4.92. The van der Waals surface area contributed by atoms with E-state index in [-0.39, 0.29) is 0 Å². The first-order chi connectivity index (χ1) is 9.63. The Morgan fingerprint density at radius 3 is 2.19 bits per heavy atom. The van der Waals surface area contributed by atoms with Crippen molar-refractivity contribution < 1.29 is 27.9 Å². The van der Waals surface area contributed by atoms with E-state index < -0.39 is 29.5 Å². The molecule has 2 atom stereocenters. The summed E-state index contributed by atoms with van der Waals surface area (Å²) in [5, 5.41) is 10.8. The third-order valence-corrected chi connectivity index (χ3v) is 3.09. The number of carbonyl (C=O) groups is 2. The lowest BCUT2D eigenvalue weighted by Crippen LogP contribution is -2.58. The molecule has 0 spiro atoms. The van der Waals surface area contributed by atoms with Crippen molar-refractivity contribution in [1.82, 2.24) is 5.32 Å². The van der Waals surface area contributed by atoms with Crippen molar-refractivity contribution >= 4 is 11.9 Å². The maximum Gasteiger partial charge on any atom is 0.471 e. The van der Waals surface area contributed by atoms with Gasteiger partial charge in [-0.2, -0.15) is 13.2 Å². The molecule has 114 valence electrons. The van der Waals surface area contributed by atoms with Crippen LogP contribution in [-0.2, 0) is 9.59 Å². The van der Waals surface area contributed by atoms with Crippen LogP contribution >= 0.6 is 0 Å². The lowest BCUT2D eigenvalue weighted by molar-refractivity contribution is -0.177. The van der Waals surface area contributed by atoms with Gasteiger partial charge < -0.3 is 10.4 Å². The van der Waals surface area contributed by atoms with Crippen LogP contribution in [0.15, 0.2) is 43.0 Å². The molecular formula is C14H14F3NO3. The Balaban J connectivity index is 3.23. The van der Waals surface area contributed by atoms with Gasteiger partial charge >= 0.3 is 18.1 Å². The number of rotatable bonds is 5. The van der Waals surface area contributed by atoms with Gasteiger partial charge in [-0.05, 0) is 12.5 Å². The van der Waals surface area contributed by atoms with Crippen molar-refractivity contribution in [3.05, 3.63) is 48.6 Å². The topological polar surface area (TPSA) is 66.4 Å². The lowest BCUT2D eigenvalue weighted by Gasteiger charge is -2.33. The number of aliphatic carboxylic acids is 1. The zero-order valence-electron chi connectivity index (χ0n) is 11.1. The number of hydrogen-bond donors (Lipinski definition) is 2. The Labute approximate surface area is 119 Å². The van der Waals surface area contributed by atoms with E-state index in [9.17, 15) is 27.9 Å². The minimum Gasteiger partial charge on any atom is -0.479 e. The average Bonchev–Trinajstić information content (AvgIpc) is 2.39. The summed E-state index contributed by atoms with van der Waals surface area (Å²) in [5.41, 5.74) is -1.74. The first-order valence-corrected chi connectivity index (χ1v) is 5.93. The van der Waals surface area contributed by atoms with Crippen LogP contribution in [0, 0.1) is 0 Å². The summed E-state index contributed by atoms with van der Waals surface area (Å²) in [7, 11) is 0. The van der Waals surface area contributed by atoms with E-state index in [1.165, 1.54) is 6.08 Å². The second-order valence-electron chi connectivity index (χ2n) is 4.58. The molecule has 0 unspecified atom stereocenters. The maximum atomic E-state index is 12.4. The molecule has 7 heteroatoms. The van der Waals surface area contributed by atoms with Gasteiger partial charge in [0.1, 0.15) is 5.54 Å². The van der Waals surface area contributed by atoms with E-state index in [4.69, 9.17) is 0 Å². The molecule has 0 aliphatic rings. The van der Waals surface area contributed by atoms with E-state index in [0.717, 1.165) is 6.92 Å². The van der Waals surface area contributed by atoms with Gasteiger partial charge in [0.15, 0.2) is 0 Å². The van der Waals surface area contributed by atoms with E-state index in [2.05, 4.69) is 6.58 Å². The van der Waals surface area contributed by atoms with Crippen LogP contribution in [0.5, 0.6) is 0 Å². The summed E-state index contributed by atoms with van der Waals surface area (Å²) in [6.07, 6.45) is -3.97. The van der Waals surface area contributed by atoms with Crippen LogP contribution in [0.25, 0.3) is 0 Å². The fraction of sp³-hybridized carbons (Fsp3) is 0.286. The van der Waals surface area contributed by atoms with Crippen LogP contribution in [0.4, 0.5) is 13.2 Å². The summed E-state index contributed by atoms with van der Waals surface area (Å²) in [4.78, 5) is 22.5. The van der Waals surface area contributed by atoms with Gasteiger partial charge in [0.2, 0.25) is 0 Å². The molecule has 2 N–H and O–H groups in total. The minimum atomic E-state index is -5.17. The minimum absolute atomic E-state index is 0.430. The second-order valence-corrected chi connectivity index (χ2v) is 4.58. The predicted octanol–water partition coefficient (Wildman–Crippen LogP) is 2.48. The molecule has 0 saturated heterocycles. The Morgan fingerprint density at radius 2 is 1.81 bits per heavy atom. The summed E-state index contributed by atoms with van der Waals surface area (Å²) < 4.78 is 37.1. The smallest absolute Gasteiger partial charge is 0.471 e. The molecule has 1 aromatic rings.